The second-order valence-electron chi connectivity index (χ2n) is 5.65. The van der Waals surface area contributed by atoms with E-state index in [1.165, 1.54) is 39.0 Å². The Morgan fingerprint density at radius 1 is 1.00 bits per heavy atom. The van der Waals surface area contributed by atoms with Crippen LogP contribution >= 0.6 is 0 Å². The SMILES string of the molecule is CCN1CCC(CN2CCC(C=O)CC2)CC1. The molecule has 0 spiro atoms. The molecule has 0 radical (unpaired) electrons. The van der Waals surface area contributed by atoms with Crippen LogP contribution in [0.5, 0.6) is 0 Å². The van der Waals surface area contributed by atoms with Gasteiger partial charge in [-0.2, -0.15) is 0 Å². The first-order valence-corrected chi connectivity index (χ1v) is 7.21. The van der Waals surface area contributed by atoms with Crippen LogP contribution in [0, 0.1) is 11.8 Å². The molecule has 2 saturated heterocycles. The zero-order valence-corrected chi connectivity index (χ0v) is 11.1. The number of nitrogens with zero attached hydrogens (tertiary/aromatic N) is 2. The minimum Gasteiger partial charge on any atom is -0.304 e. The van der Waals surface area contributed by atoms with Crippen LogP contribution in [0.25, 0.3) is 0 Å². The van der Waals surface area contributed by atoms with Gasteiger partial charge >= 0.3 is 0 Å². The minimum atomic E-state index is 0.341. The van der Waals surface area contributed by atoms with Gasteiger partial charge in [0, 0.05) is 12.5 Å². The van der Waals surface area contributed by atoms with E-state index in [1.807, 2.05) is 0 Å². The van der Waals surface area contributed by atoms with Gasteiger partial charge in [0.1, 0.15) is 6.29 Å². The highest BCUT2D eigenvalue weighted by Gasteiger charge is 2.23. The highest BCUT2D eigenvalue weighted by molar-refractivity contribution is 5.53. The summed E-state index contributed by atoms with van der Waals surface area (Å²) in [5, 5.41) is 0. The third kappa shape index (κ3) is 3.78. The molecule has 0 aromatic rings. The fourth-order valence-electron chi connectivity index (χ4n) is 3.12. The van der Waals surface area contributed by atoms with Gasteiger partial charge in [-0.25, -0.2) is 0 Å². The summed E-state index contributed by atoms with van der Waals surface area (Å²) in [5.41, 5.74) is 0. The van der Waals surface area contributed by atoms with Crippen molar-refractivity contribution in [1.82, 2.24) is 9.80 Å². The molecule has 0 amide bonds. The summed E-state index contributed by atoms with van der Waals surface area (Å²) in [6, 6.07) is 0. The van der Waals surface area contributed by atoms with Gasteiger partial charge in [-0.3, -0.25) is 0 Å². The van der Waals surface area contributed by atoms with Crippen molar-refractivity contribution in [2.45, 2.75) is 32.6 Å². The van der Waals surface area contributed by atoms with Crippen LogP contribution in [0.1, 0.15) is 32.6 Å². The number of hydrogen-bond acceptors (Lipinski definition) is 3. The van der Waals surface area contributed by atoms with Gasteiger partial charge in [-0.1, -0.05) is 6.92 Å². The van der Waals surface area contributed by atoms with Crippen LogP contribution in [0.15, 0.2) is 0 Å². The smallest absolute Gasteiger partial charge is 0.123 e. The lowest BCUT2D eigenvalue weighted by molar-refractivity contribution is -0.112. The minimum absolute atomic E-state index is 0.341. The molecule has 98 valence electrons. The Bertz CT molecular complexity index is 228. The predicted octanol–water partition coefficient (Wildman–Crippen LogP) is 1.63. The zero-order valence-electron chi connectivity index (χ0n) is 11.1. The molecule has 2 fully saturated rings. The Morgan fingerprint density at radius 3 is 2.12 bits per heavy atom. The number of carbonyl (C=O) groups excluding carboxylic acids is 1. The van der Waals surface area contributed by atoms with Crippen molar-refractivity contribution < 1.29 is 4.79 Å². The number of piperidine rings is 2. The van der Waals surface area contributed by atoms with Crippen LogP contribution in [0.2, 0.25) is 0 Å². The van der Waals surface area contributed by atoms with Crippen LogP contribution in [-0.4, -0.2) is 55.4 Å². The second kappa shape index (κ2) is 6.50. The summed E-state index contributed by atoms with van der Waals surface area (Å²) in [6.45, 7) is 9.57. The molecule has 3 nitrogen and oxygen atoms in total. The standard InChI is InChI=1S/C14H26N2O/c1-2-15-7-3-13(4-8-15)11-16-9-5-14(12-17)6-10-16/h12-14H,2-11H2,1H3. The highest BCUT2D eigenvalue weighted by Crippen LogP contribution is 2.21. The molecule has 0 aromatic carbocycles. The molecule has 0 N–H and O–H groups in total. The topological polar surface area (TPSA) is 23.6 Å². The molecule has 0 atom stereocenters. The van der Waals surface area contributed by atoms with Crippen molar-refractivity contribution >= 4 is 6.29 Å². The van der Waals surface area contributed by atoms with Gasteiger partial charge < -0.3 is 14.6 Å². The fourth-order valence-corrected chi connectivity index (χ4v) is 3.12. The average molecular weight is 238 g/mol. The van der Waals surface area contributed by atoms with Crippen molar-refractivity contribution in [3.63, 3.8) is 0 Å². The van der Waals surface area contributed by atoms with E-state index < -0.39 is 0 Å². The predicted molar refractivity (Wildman–Crippen MR) is 70.1 cm³/mol. The maximum absolute atomic E-state index is 10.7. The molecular formula is C14H26N2O. The molecule has 0 aliphatic carbocycles. The molecule has 0 saturated carbocycles. The first-order valence-electron chi connectivity index (χ1n) is 7.21. The largest absolute Gasteiger partial charge is 0.304 e. The molecule has 2 aliphatic heterocycles. The van der Waals surface area contributed by atoms with Crippen molar-refractivity contribution in [2.75, 3.05) is 39.3 Å². The molecular weight excluding hydrogens is 212 g/mol. The number of hydrogen-bond donors (Lipinski definition) is 0. The summed E-state index contributed by atoms with van der Waals surface area (Å²) < 4.78 is 0. The molecule has 17 heavy (non-hydrogen) atoms. The summed E-state index contributed by atoms with van der Waals surface area (Å²) in [4.78, 5) is 15.8. The number of rotatable bonds is 4. The molecule has 0 bridgehead atoms. The van der Waals surface area contributed by atoms with Gasteiger partial charge in [-0.05, 0) is 64.3 Å². The maximum atomic E-state index is 10.7. The Balaban J connectivity index is 1.67. The lowest BCUT2D eigenvalue weighted by atomic mass is 9.93. The number of likely N-dealkylation sites (tertiary alicyclic amines) is 2. The van der Waals surface area contributed by atoms with Crippen LogP contribution in [-0.2, 0) is 4.79 Å². The van der Waals surface area contributed by atoms with E-state index in [2.05, 4.69) is 16.7 Å². The number of aldehydes is 1. The second-order valence-corrected chi connectivity index (χ2v) is 5.65. The Morgan fingerprint density at radius 2 is 1.59 bits per heavy atom. The Kier molecular flexibility index (Phi) is 4.99. The van der Waals surface area contributed by atoms with E-state index in [9.17, 15) is 4.79 Å². The number of carbonyl (C=O) groups is 1. The molecule has 2 heterocycles. The highest BCUT2D eigenvalue weighted by atomic mass is 16.1. The lowest BCUT2D eigenvalue weighted by Crippen LogP contribution is -2.41. The molecule has 3 heteroatoms. The van der Waals surface area contributed by atoms with Crippen molar-refractivity contribution in [3.8, 4) is 0 Å². The first kappa shape index (κ1) is 13.0. The molecule has 2 aliphatic rings. The summed E-state index contributed by atoms with van der Waals surface area (Å²) in [7, 11) is 0. The quantitative estimate of drug-likeness (QED) is 0.696. The molecule has 2 rings (SSSR count). The monoisotopic (exact) mass is 238 g/mol. The van der Waals surface area contributed by atoms with Crippen molar-refractivity contribution in [3.05, 3.63) is 0 Å². The first-order chi connectivity index (χ1) is 8.31. The third-order valence-electron chi connectivity index (χ3n) is 4.50. The fraction of sp³-hybridized carbons (Fsp3) is 0.929. The normalized spacial score (nSPS) is 26.2. The van der Waals surface area contributed by atoms with Crippen LogP contribution in [0.3, 0.4) is 0 Å². The van der Waals surface area contributed by atoms with Crippen LogP contribution < -0.4 is 0 Å². The van der Waals surface area contributed by atoms with E-state index in [1.54, 1.807) is 0 Å². The molecule has 0 unspecified atom stereocenters. The third-order valence-corrected chi connectivity index (χ3v) is 4.50. The summed E-state index contributed by atoms with van der Waals surface area (Å²) in [5.74, 6) is 1.23. The van der Waals surface area contributed by atoms with Gasteiger partial charge in [0.2, 0.25) is 0 Å². The van der Waals surface area contributed by atoms with Gasteiger partial charge in [0.15, 0.2) is 0 Å². The van der Waals surface area contributed by atoms with E-state index in [0.717, 1.165) is 38.1 Å². The average Bonchev–Trinajstić information content (AvgIpc) is 2.40. The van der Waals surface area contributed by atoms with E-state index in [0.29, 0.717) is 5.92 Å². The van der Waals surface area contributed by atoms with Crippen LogP contribution in [0.4, 0.5) is 0 Å². The van der Waals surface area contributed by atoms with Gasteiger partial charge in [-0.15, -0.1) is 0 Å². The van der Waals surface area contributed by atoms with Crippen molar-refractivity contribution in [2.24, 2.45) is 11.8 Å². The maximum Gasteiger partial charge on any atom is 0.123 e. The summed E-state index contributed by atoms with van der Waals surface area (Å²) >= 11 is 0. The Labute approximate surface area is 105 Å². The van der Waals surface area contributed by atoms with E-state index in [-0.39, 0.29) is 0 Å². The van der Waals surface area contributed by atoms with E-state index in [4.69, 9.17) is 0 Å². The Hall–Kier alpha value is -0.410. The van der Waals surface area contributed by atoms with Gasteiger partial charge in [0.05, 0.1) is 0 Å². The summed E-state index contributed by atoms with van der Waals surface area (Å²) in [6.07, 6.45) is 6.04. The zero-order chi connectivity index (χ0) is 12.1. The van der Waals surface area contributed by atoms with Gasteiger partial charge in [0.25, 0.3) is 0 Å². The van der Waals surface area contributed by atoms with E-state index >= 15 is 0 Å². The lowest BCUT2D eigenvalue weighted by Gasteiger charge is -2.36. The van der Waals surface area contributed by atoms with Crippen molar-refractivity contribution in [1.29, 1.82) is 0 Å². The molecule has 0 aromatic heterocycles.